The van der Waals surface area contributed by atoms with E-state index in [0.717, 1.165) is 43.1 Å². The number of rotatable bonds is 3. The third kappa shape index (κ3) is 2.79. The summed E-state index contributed by atoms with van der Waals surface area (Å²) >= 11 is 0. The highest BCUT2D eigenvalue weighted by atomic mass is 16.5. The zero-order valence-electron chi connectivity index (χ0n) is 12.8. The predicted octanol–water partition coefficient (Wildman–Crippen LogP) is 1.27. The summed E-state index contributed by atoms with van der Waals surface area (Å²) in [7, 11) is 3.33. The standard InChI is InChI=1S/C15H19N5O2/c1-19-13(3-6-18-19)12-9-14(17-10-16-12)20-7-4-11(5-8-20)15(21)22-2/h3,6,9-11H,4-5,7-8H2,1-2H3. The van der Waals surface area contributed by atoms with E-state index in [0.29, 0.717) is 0 Å². The van der Waals surface area contributed by atoms with Crippen LogP contribution in [-0.2, 0) is 16.6 Å². The number of ether oxygens (including phenoxy) is 1. The van der Waals surface area contributed by atoms with Crippen LogP contribution in [0.3, 0.4) is 0 Å². The normalized spacial score (nSPS) is 15.8. The van der Waals surface area contributed by atoms with Crippen molar-refractivity contribution in [3.8, 4) is 11.4 Å². The van der Waals surface area contributed by atoms with Gasteiger partial charge in [-0.25, -0.2) is 9.97 Å². The summed E-state index contributed by atoms with van der Waals surface area (Å²) in [6.45, 7) is 1.59. The molecule has 1 aliphatic rings. The topological polar surface area (TPSA) is 73.1 Å². The first-order chi connectivity index (χ1) is 10.7. The summed E-state index contributed by atoms with van der Waals surface area (Å²) in [4.78, 5) is 22.4. The predicted molar refractivity (Wildman–Crippen MR) is 81.2 cm³/mol. The quantitative estimate of drug-likeness (QED) is 0.795. The molecule has 2 aromatic rings. The molecular weight excluding hydrogens is 282 g/mol. The first-order valence-corrected chi connectivity index (χ1v) is 7.32. The van der Waals surface area contributed by atoms with Crippen molar-refractivity contribution >= 4 is 11.8 Å². The molecule has 0 amide bonds. The van der Waals surface area contributed by atoms with Gasteiger partial charge in [-0.1, -0.05) is 0 Å². The molecule has 0 spiro atoms. The molecule has 0 aliphatic carbocycles. The van der Waals surface area contributed by atoms with Crippen molar-refractivity contribution in [2.75, 3.05) is 25.1 Å². The van der Waals surface area contributed by atoms with Crippen LogP contribution in [0, 0.1) is 5.92 Å². The van der Waals surface area contributed by atoms with Gasteiger partial charge in [-0.05, 0) is 18.9 Å². The van der Waals surface area contributed by atoms with Gasteiger partial charge in [0, 0.05) is 32.4 Å². The molecule has 7 nitrogen and oxygen atoms in total. The lowest BCUT2D eigenvalue weighted by Gasteiger charge is -2.31. The van der Waals surface area contributed by atoms with Crippen molar-refractivity contribution in [1.82, 2.24) is 19.7 Å². The summed E-state index contributed by atoms with van der Waals surface area (Å²) in [5.41, 5.74) is 1.80. The number of hydrogen-bond donors (Lipinski definition) is 0. The van der Waals surface area contributed by atoms with Crippen LogP contribution in [-0.4, -0.2) is 45.9 Å². The maximum atomic E-state index is 11.6. The molecule has 116 valence electrons. The SMILES string of the molecule is COC(=O)C1CCN(c2cc(-c3ccnn3C)ncn2)CC1. The Morgan fingerprint density at radius 1 is 1.32 bits per heavy atom. The van der Waals surface area contributed by atoms with Crippen LogP contribution in [0.2, 0.25) is 0 Å². The molecule has 0 radical (unpaired) electrons. The minimum atomic E-state index is -0.113. The third-order valence-corrected chi connectivity index (χ3v) is 4.09. The minimum Gasteiger partial charge on any atom is -0.469 e. The summed E-state index contributed by atoms with van der Waals surface area (Å²) < 4.78 is 6.61. The molecule has 3 heterocycles. The van der Waals surface area contributed by atoms with Crippen LogP contribution in [0.5, 0.6) is 0 Å². The van der Waals surface area contributed by atoms with E-state index in [1.165, 1.54) is 7.11 Å². The summed E-state index contributed by atoms with van der Waals surface area (Å²) in [6.07, 6.45) is 4.90. The van der Waals surface area contributed by atoms with Gasteiger partial charge in [-0.3, -0.25) is 9.48 Å². The second-order valence-corrected chi connectivity index (χ2v) is 5.39. The lowest BCUT2D eigenvalue weighted by atomic mass is 9.97. The smallest absolute Gasteiger partial charge is 0.308 e. The number of aryl methyl sites for hydroxylation is 1. The van der Waals surface area contributed by atoms with Crippen LogP contribution in [0.4, 0.5) is 5.82 Å². The van der Waals surface area contributed by atoms with Crippen LogP contribution in [0.1, 0.15) is 12.8 Å². The highest BCUT2D eigenvalue weighted by Crippen LogP contribution is 2.25. The van der Waals surface area contributed by atoms with Gasteiger partial charge in [-0.15, -0.1) is 0 Å². The largest absolute Gasteiger partial charge is 0.469 e. The van der Waals surface area contributed by atoms with Crippen LogP contribution >= 0.6 is 0 Å². The van der Waals surface area contributed by atoms with Gasteiger partial charge < -0.3 is 9.64 Å². The Morgan fingerprint density at radius 2 is 2.09 bits per heavy atom. The van der Waals surface area contributed by atoms with Crippen LogP contribution in [0.25, 0.3) is 11.4 Å². The van der Waals surface area contributed by atoms with Gasteiger partial charge in [0.2, 0.25) is 0 Å². The molecule has 1 aliphatic heterocycles. The highest BCUT2D eigenvalue weighted by molar-refractivity contribution is 5.72. The molecule has 1 saturated heterocycles. The van der Waals surface area contributed by atoms with E-state index < -0.39 is 0 Å². The number of nitrogens with zero attached hydrogens (tertiary/aromatic N) is 5. The van der Waals surface area contributed by atoms with Gasteiger partial charge in [0.25, 0.3) is 0 Å². The second kappa shape index (κ2) is 6.13. The number of piperidine rings is 1. The number of carbonyl (C=O) groups excluding carboxylic acids is 1. The molecule has 1 fully saturated rings. The Kier molecular flexibility index (Phi) is 4.04. The van der Waals surface area contributed by atoms with Crippen molar-refractivity contribution < 1.29 is 9.53 Å². The van der Waals surface area contributed by atoms with E-state index in [1.807, 2.05) is 19.2 Å². The summed E-state index contributed by atoms with van der Waals surface area (Å²) in [6, 6.07) is 3.89. The number of esters is 1. The number of carbonyl (C=O) groups is 1. The van der Waals surface area contributed by atoms with Crippen molar-refractivity contribution in [1.29, 1.82) is 0 Å². The van der Waals surface area contributed by atoms with Crippen molar-refractivity contribution in [2.24, 2.45) is 13.0 Å². The molecule has 0 bridgehead atoms. The molecule has 7 heteroatoms. The molecule has 3 rings (SSSR count). The maximum absolute atomic E-state index is 11.6. The molecule has 0 atom stereocenters. The number of anilines is 1. The van der Waals surface area contributed by atoms with Crippen molar-refractivity contribution in [2.45, 2.75) is 12.8 Å². The molecular formula is C15H19N5O2. The average molecular weight is 301 g/mol. The molecule has 0 saturated carbocycles. The Bertz CT molecular complexity index is 661. The Morgan fingerprint density at radius 3 is 2.73 bits per heavy atom. The van der Waals surface area contributed by atoms with Gasteiger partial charge in [-0.2, -0.15) is 5.10 Å². The van der Waals surface area contributed by atoms with E-state index in [4.69, 9.17) is 4.74 Å². The van der Waals surface area contributed by atoms with E-state index in [2.05, 4.69) is 20.0 Å². The zero-order valence-corrected chi connectivity index (χ0v) is 12.8. The number of methoxy groups -OCH3 is 1. The van der Waals surface area contributed by atoms with Gasteiger partial charge in [0.05, 0.1) is 24.4 Å². The van der Waals surface area contributed by atoms with E-state index >= 15 is 0 Å². The Labute approximate surface area is 128 Å². The third-order valence-electron chi connectivity index (χ3n) is 4.09. The van der Waals surface area contributed by atoms with Gasteiger partial charge >= 0.3 is 5.97 Å². The fourth-order valence-corrected chi connectivity index (χ4v) is 2.80. The first kappa shape index (κ1) is 14.5. The first-order valence-electron chi connectivity index (χ1n) is 7.32. The monoisotopic (exact) mass is 301 g/mol. The maximum Gasteiger partial charge on any atom is 0.308 e. The van der Waals surface area contributed by atoms with Gasteiger partial charge in [0.1, 0.15) is 12.1 Å². The number of aromatic nitrogens is 4. The lowest BCUT2D eigenvalue weighted by Crippen LogP contribution is -2.37. The fourth-order valence-electron chi connectivity index (χ4n) is 2.80. The molecule has 0 N–H and O–H groups in total. The highest BCUT2D eigenvalue weighted by Gasteiger charge is 2.26. The number of hydrogen-bond acceptors (Lipinski definition) is 6. The Balaban J connectivity index is 1.74. The molecule has 0 unspecified atom stereocenters. The van der Waals surface area contributed by atoms with E-state index in [9.17, 15) is 4.79 Å². The summed E-state index contributed by atoms with van der Waals surface area (Å²) in [5.74, 6) is 0.770. The van der Waals surface area contributed by atoms with Gasteiger partial charge in [0.15, 0.2) is 0 Å². The van der Waals surface area contributed by atoms with Crippen molar-refractivity contribution in [3.05, 3.63) is 24.7 Å². The second-order valence-electron chi connectivity index (χ2n) is 5.39. The summed E-state index contributed by atoms with van der Waals surface area (Å²) in [5, 5.41) is 4.17. The molecule has 2 aromatic heterocycles. The van der Waals surface area contributed by atoms with E-state index in [-0.39, 0.29) is 11.9 Å². The van der Waals surface area contributed by atoms with Crippen LogP contribution < -0.4 is 4.90 Å². The molecule has 22 heavy (non-hydrogen) atoms. The van der Waals surface area contributed by atoms with Crippen molar-refractivity contribution in [3.63, 3.8) is 0 Å². The van der Waals surface area contributed by atoms with E-state index in [1.54, 1.807) is 17.2 Å². The van der Waals surface area contributed by atoms with Crippen LogP contribution in [0.15, 0.2) is 24.7 Å². The fraction of sp³-hybridized carbons (Fsp3) is 0.467. The minimum absolute atomic E-state index is 0.000341. The average Bonchev–Trinajstić information content (AvgIpc) is 3.00. The lowest BCUT2D eigenvalue weighted by molar-refractivity contribution is -0.146. The zero-order chi connectivity index (χ0) is 15.5. The Hall–Kier alpha value is -2.44. The molecule has 0 aromatic carbocycles.